The van der Waals surface area contributed by atoms with Gasteiger partial charge in [-0.3, -0.25) is 0 Å². The van der Waals surface area contributed by atoms with Crippen LogP contribution in [0, 0.1) is 6.92 Å². The van der Waals surface area contributed by atoms with Crippen molar-refractivity contribution >= 4 is 11.7 Å². The molecule has 1 saturated carbocycles. The minimum absolute atomic E-state index is 0.198. The van der Waals surface area contributed by atoms with Gasteiger partial charge >= 0.3 is 5.97 Å². The van der Waals surface area contributed by atoms with Crippen LogP contribution in [0.25, 0.3) is 0 Å². The molecule has 0 amide bonds. The van der Waals surface area contributed by atoms with Gasteiger partial charge in [0.2, 0.25) is 0 Å². The summed E-state index contributed by atoms with van der Waals surface area (Å²) >= 11 is 0. The molecule has 1 unspecified atom stereocenters. The highest BCUT2D eigenvalue weighted by Crippen LogP contribution is 2.44. The lowest BCUT2D eigenvalue weighted by atomic mass is 9.95. The van der Waals surface area contributed by atoms with Crippen LogP contribution in [-0.2, 0) is 0 Å². The maximum atomic E-state index is 11.5. The molecule has 138 valence electrons. The van der Waals surface area contributed by atoms with Crippen molar-refractivity contribution in [2.24, 2.45) is 0 Å². The third-order valence-corrected chi connectivity index (χ3v) is 5.26. The number of carboxylic acids is 1. The quantitative estimate of drug-likeness (QED) is 0.782. The Kier molecular flexibility index (Phi) is 4.48. The zero-order valence-electron chi connectivity index (χ0n) is 15.6. The summed E-state index contributed by atoms with van der Waals surface area (Å²) in [7, 11) is 2.06. The summed E-state index contributed by atoms with van der Waals surface area (Å²) in [6.07, 6.45) is 8.83. The molecule has 2 aliphatic rings. The molecule has 0 spiro atoms. The molecule has 1 atom stereocenters. The van der Waals surface area contributed by atoms with Crippen LogP contribution in [0.3, 0.4) is 0 Å². The molecule has 0 aromatic heterocycles. The zero-order chi connectivity index (χ0) is 19.0. The molecule has 27 heavy (non-hydrogen) atoms. The first-order valence-corrected chi connectivity index (χ1v) is 9.34. The van der Waals surface area contributed by atoms with Crippen molar-refractivity contribution in [2.75, 3.05) is 12.4 Å². The molecular weight excluding hydrogens is 336 g/mol. The zero-order valence-corrected chi connectivity index (χ0v) is 15.6. The highest BCUT2D eigenvalue weighted by atomic mass is 16.4. The second-order valence-electron chi connectivity index (χ2n) is 7.44. The molecule has 1 aliphatic carbocycles. The Morgan fingerprint density at radius 1 is 1.15 bits per heavy atom. The number of aromatic carboxylic acids is 1. The van der Waals surface area contributed by atoms with Crippen LogP contribution in [0.1, 0.15) is 51.8 Å². The molecular formula is C23H24N2O2. The maximum Gasteiger partial charge on any atom is 0.337 e. The van der Waals surface area contributed by atoms with Gasteiger partial charge in [-0.25, -0.2) is 4.79 Å². The van der Waals surface area contributed by atoms with E-state index in [1.54, 1.807) is 6.07 Å². The van der Waals surface area contributed by atoms with Crippen LogP contribution in [0.4, 0.5) is 5.69 Å². The third-order valence-electron chi connectivity index (χ3n) is 5.26. The fraction of sp³-hybridized carbons (Fsp3) is 0.261. The summed E-state index contributed by atoms with van der Waals surface area (Å²) in [5, 5.41) is 12.7. The van der Waals surface area contributed by atoms with Crippen LogP contribution in [-0.4, -0.2) is 23.0 Å². The van der Waals surface area contributed by atoms with Crippen molar-refractivity contribution in [2.45, 2.75) is 31.7 Å². The van der Waals surface area contributed by atoms with Crippen LogP contribution in [0.5, 0.6) is 0 Å². The van der Waals surface area contributed by atoms with Gasteiger partial charge in [-0.15, -0.1) is 0 Å². The maximum absolute atomic E-state index is 11.5. The number of hydrogen-bond acceptors (Lipinski definition) is 3. The van der Waals surface area contributed by atoms with E-state index in [0.29, 0.717) is 11.6 Å². The van der Waals surface area contributed by atoms with E-state index >= 15 is 0 Å². The van der Waals surface area contributed by atoms with E-state index < -0.39 is 5.97 Å². The summed E-state index contributed by atoms with van der Waals surface area (Å²) < 4.78 is 0. The van der Waals surface area contributed by atoms with Crippen LogP contribution in [0.2, 0.25) is 0 Å². The van der Waals surface area contributed by atoms with E-state index in [9.17, 15) is 9.90 Å². The van der Waals surface area contributed by atoms with Crippen molar-refractivity contribution < 1.29 is 9.90 Å². The number of rotatable bonds is 5. The number of nitrogens with one attached hydrogen (secondary N) is 1. The predicted octanol–water partition coefficient (Wildman–Crippen LogP) is 5.07. The van der Waals surface area contributed by atoms with E-state index in [1.807, 2.05) is 31.3 Å². The lowest BCUT2D eigenvalue weighted by Crippen LogP contribution is -2.23. The second-order valence-corrected chi connectivity index (χ2v) is 7.44. The van der Waals surface area contributed by atoms with E-state index in [2.05, 4.69) is 47.6 Å². The summed E-state index contributed by atoms with van der Waals surface area (Å²) in [4.78, 5) is 13.7. The number of anilines is 1. The molecule has 1 heterocycles. The first-order valence-electron chi connectivity index (χ1n) is 9.34. The van der Waals surface area contributed by atoms with Gasteiger partial charge in [-0.05, 0) is 55.0 Å². The SMILES string of the molecule is Cc1ccc(NC2=CN(C)C(c3ccccc3C3CC3)C=C2)c(C(=O)O)c1. The Labute approximate surface area is 159 Å². The number of carbonyl (C=O) groups is 1. The van der Waals surface area contributed by atoms with Gasteiger partial charge in [0, 0.05) is 13.2 Å². The Balaban J connectivity index is 1.57. The van der Waals surface area contributed by atoms with E-state index in [-0.39, 0.29) is 11.6 Å². The Morgan fingerprint density at radius 3 is 2.56 bits per heavy atom. The van der Waals surface area contributed by atoms with E-state index in [0.717, 1.165) is 11.3 Å². The third kappa shape index (κ3) is 3.61. The molecule has 2 N–H and O–H groups in total. The molecule has 0 radical (unpaired) electrons. The molecule has 1 fully saturated rings. The summed E-state index contributed by atoms with van der Waals surface area (Å²) in [5.74, 6) is -0.219. The standard InChI is InChI=1S/C23H24N2O2/c1-15-7-11-21(20(13-15)23(26)27)24-17-10-12-22(25(2)14-17)19-6-4-3-5-18(19)16-8-9-16/h3-7,10-14,16,22,24H,8-9H2,1-2H3,(H,26,27). The number of carboxylic acid groups (broad SMARTS) is 1. The summed E-state index contributed by atoms with van der Waals surface area (Å²) in [5.41, 5.74) is 5.51. The fourth-order valence-electron chi connectivity index (χ4n) is 3.72. The average molecular weight is 360 g/mol. The number of benzene rings is 2. The minimum Gasteiger partial charge on any atom is -0.478 e. The first kappa shape index (κ1) is 17.4. The number of nitrogens with zero attached hydrogens (tertiary/aromatic N) is 1. The highest BCUT2D eigenvalue weighted by molar-refractivity contribution is 5.94. The lowest BCUT2D eigenvalue weighted by Gasteiger charge is -2.30. The van der Waals surface area contributed by atoms with Gasteiger partial charge in [0.15, 0.2) is 0 Å². The summed E-state index contributed by atoms with van der Waals surface area (Å²) in [6, 6.07) is 14.3. The predicted molar refractivity (Wildman–Crippen MR) is 108 cm³/mol. The monoisotopic (exact) mass is 360 g/mol. The number of aryl methyl sites for hydroxylation is 1. The number of allylic oxidation sites excluding steroid dienone is 1. The van der Waals surface area contributed by atoms with Crippen LogP contribution < -0.4 is 5.32 Å². The summed E-state index contributed by atoms with van der Waals surface area (Å²) in [6.45, 7) is 1.89. The molecule has 4 nitrogen and oxygen atoms in total. The lowest BCUT2D eigenvalue weighted by molar-refractivity contribution is 0.0698. The van der Waals surface area contributed by atoms with E-state index in [4.69, 9.17) is 0 Å². The van der Waals surface area contributed by atoms with Crippen molar-refractivity contribution in [3.8, 4) is 0 Å². The molecule has 2 aromatic rings. The van der Waals surface area contributed by atoms with Crippen molar-refractivity contribution in [1.29, 1.82) is 0 Å². The average Bonchev–Trinajstić information content (AvgIpc) is 3.48. The Morgan fingerprint density at radius 2 is 1.89 bits per heavy atom. The van der Waals surface area contributed by atoms with Gasteiger partial charge in [0.05, 0.1) is 23.0 Å². The molecule has 0 saturated heterocycles. The minimum atomic E-state index is -0.925. The topological polar surface area (TPSA) is 52.6 Å². The van der Waals surface area contributed by atoms with Crippen molar-refractivity contribution in [3.05, 3.63) is 88.8 Å². The van der Waals surface area contributed by atoms with Crippen molar-refractivity contribution in [1.82, 2.24) is 4.90 Å². The number of likely N-dealkylation sites (N-methyl/N-ethyl adjacent to an activating group) is 1. The smallest absolute Gasteiger partial charge is 0.337 e. The number of hydrogen-bond donors (Lipinski definition) is 2. The molecule has 1 aliphatic heterocycles. The van der Waals surface area contributed by atoms with Gasteiger partial charge in [-0.1, -0.05) is 42.0 Å². The van der Waals surface area contributed by atoms with Gasteiger partial charge in [0.1, 0.15) is 0 Å². The van der Waals surface area contributed by atoms with E-state index in [1.165, 1.54) is 24.0 Å². The fourth-order valence-corrected chi connectivity index (χ4v) is 3.72. The van der Waals surface area contributed by atoms with Gasteiger partial charge < -0.3 is 15.3 Å². The normalized spacial score (nSPS) is 19.0. The van der Waals surface area contributed by atoms with Gasteiger partial charge in [0.25, 0.3) is 0 Å². The first-order chi connectivity index (χ1) is 13.0. The molecule has 2 aromatic carbocycles. The highest BCUT2D eigenvalue weighted by Gasteiger charge is 2.29. The molecule has 0 bridgehead atoms. The Hall–Kier alpha value is -3.01. The van der Waals surface area contributed by atoms with Crippen LogP contribution >= 0.6 is 0 Å². The van der Waals surface area contributed by atoms with Crippen molar-refractivity contribution in [3.63, 3.8) is 0 Å². The Bertz CT molecular complexity index is 941. The van der Waals surface area contributed by atoms with Crippen LogP contribution in [0.15, 0.2) is 66.5 Å². The molecule has 4 rings (SSSR count). The van der Waals surface area contributed by atoms with Gasteiger partial charge in [-0.2, -0.15) is 0 Å². The second kappa shape index (κ2) is 6.95. The molecule has 4 heteroatoms. The largest absolute Gasteiger partial charge is 0.478 e.